The molecule has 4 heteroatoms. The van der Waals surface area contributed by atoms with Crippen LogP contribution in [0.1, 0.15) is 43.1 Å². The zero-order valence-corrected chi connectivity index (χ0v) is 11.6. The number of amides is 1. The molecule has 1 aliphatic heterocycles. The molecule has 1 aromatic rings. The highest BCUT2D eigenvalue weighted by Gasteiger charge is 2.22. The van der Waals surface area contributed by atoms with Crippen molar-refractivity contribution >= 4 is 11.7 Å². The van der Waals surface area contributed by atoms with E-state index in [0.717, 1.165) is 11.3 Å². The van der Waals surface area contributed by atoms with Crippen LogP contribution < -0.4 is 4.74 Å². The van der Waals surface area contributed by atoms with Crippen LogP contribution >= 0.6 is 0 Å². The minimum Gasteiger partial charge on any atom is -0.491 e. The van der Waals surface area contributed by atoms with Gasteiger partial charge >= 0.3 is 0 Å². The number of fused-ring (bicyclic) bond motifs is 1. The number of nitrogens with zero attached hydrogens (tertiary/aromatic N) is 1. The van der Waals surface area contributed by atoms with Crippen molar-refractivity contribution in [1.82, 2.24) is 4.90 Å². The quantitative estimate of drug-likeness (QED) is 0.821. The average molecular weight is 261 g/mol. The predicted octanol–water partition coefficient (Wildman–Crippen LogP) is 2.41. The maximum atomic E-state index is 12.0. The van der Waals surface area contributed by atoms with Crippen molar-refractivity contribution in [2.45, 2.75) is 39.8 Å². The van der Waals surface area contributed by atoms with E-state index in [0.29, 0.717) is 25.1 Å². The molecule has 1 aromatic carbocycles. The van der Waals surface area contributed by atoms with E-state index in [2.05, 4.69) is 0 Å². The first-order chi connectivity index (χ1) is 8.97. The Morgan fingerprint density at radius 2 is 2.11 bits per heavy atom. The highest BCUT2D eigenvalue weighted by Crippen LogP contribution is 2.24. The van der Waals surface area contributed by atoms with Crippen molar-refractivity contribution in [1.29, 1.82) is 0 Å². The Morgan fingerprint density at radius 3 is 2.74 bits per heavy atom. The Balaban J connectivity index is 2.34. The topological polar surface area (TPSA) is 46.6 Å². The van der Waals surface area contributed by atoms with Gasteiger partial charge in [-0.25, -0.2) is 0 Å². The highest BCUT2D eigenvalue weighted by molar-refractivity contribution is 5.98. The molecule has 0 spiro atoms. The van der Waals surface area contributed by atoms with Gasteiger partial charge in [0.05, 0.1) is 6.10 Å². The summed E-state index contributed by atoms with van der Waals surface area (Å²) < 4.78 is 5.64. The molecule has 0 saturated heterocycles. The van der Waals surface area contributed by atoms with Crippen LogP contribution in [0.25, 0.3) is 0 Å². The summed E-state index contributed by atoms with van der Waals surface area (Å²) in [5, 5.41) is 0. The molecule has 0 aromatic heterocycles. The number of ether oxygens (including phenoxy) is 1. The molecule has 0 radical (unpaired) electrons. The van der Waals surface area contributed by atoms with Crippen LogP contribution in [0.3, 0.4) is 0 Å². The Kier molecular flexibility index (Phi) is 3.88. The van der Waals surface area contributed by atoms with Crippen molar-refractivity contribution in [3.63, 3.8) is 0 Å². The summed E-state index contributed by atoms with van der Waals surface area (Å²) in [6.07, 6.45) is 0.472. The second-order valence-corrected chi connectivity index (χ2v) is 5.10. The number of benzene rings is 1. The Labute approximate surface area is 113 Å². The molecular weight excluding hydrogens is 242 g/mol. The molecular formula is C15H19NO3. The molecule has 0 atom stereocenters. The number of carbonyl (C=O) groups is 2. The van der Waals surface area contributed by atoms with E-state index in [1.807, 2.05) is 26.0 Å². The SMILES string of the molecule is CC(=O)N1CCC(=O)c2ccc(OC(C)C)cc2C1. The molecule has 0 unspecified atom stereocenters. The molecule has 4 nitrogen and oxygen atoms in total. The largest absolute Gasteiger partial charge is 0.491 e. The molecule has 0 saturated carbocycles. The van der Waals surface area contributed by atoms with Crippen LogP contribution in [0.5, 0.6) is 5.75 Å². The third kappa shape index (κ3) is 3.13. The average Bonchev–Trinajstić information content (AvgIpc) is 2.48. The van der Waals surface area contributed by atoms with Crippen molar-refractivity contribution in [2.24, 2.45) is 0 Å². The number of rotatable bonds is 2. The maximum absolute atomic E-state index is 12.0. The van der Waals surface area contributed by atoms with Gasteiger partial charge in [-0.2, -0.15) is 0 Å². The van der Waals surface area contributed by atoms with Gasteiger partial charge in [-0.1, -0.05) is 0 Å². The van der Waals surface area contributed by atoms with Crippen molar-refractivity contribution in [2.75, 3.05) is 6.54 Å². The van der Waals surface area contributed by atoms with E-state index in [9.17, 15) is 9.59 Å². The first-order valence-corrected chi connectivity index (χ1v) is 6.55. The van der Waals surface area contributed by atoms with Gasteiger partial charge in [0.25, 0.3) is 0 Å². The fraction of sp³-hybridized carbons (Fsp3) is 0.467. The van der Waals surface area contributed by atoms with Gasteiger partial charge in [0.15, 0.2) is 5.78 Å². The van der Waals surface area contributed by atoms with Gasteiger partial charge in [-0.15, -0.1) is 0 Å². The Morgan fingerprint density at radius 1 is 1.37 bits per heavy atom. The standard InChI is InChI=1S/C15H19NO3/c1-10(2)19-13-4-5-14-12(8-13)9-16(11(3)17)7-6-15(14)18/h4-5,8,10H,6-7,9H2,1-3H3. The number of ketones is 1. The van der Waals surface area contributed by atoms with Crippen LogP contribution in [-0.4, -0.2) is 29.2 Å². The zero-order chi connectivity index (χ0) is 14.0. The lowest BCUT2D eigenvalue weighted by Gasteiger charge is -2.19. The molecule has 1 amide bonds. The first-order valence-electron chi connectivity index (χ1n) is 6.55. The van der Waals surface area contributed by atoms with Crippen LogP contribution in [0.4, 0.5) is 0 Å². The fourth-order valence-corrected chi connectivity index (χ4v) is 2.24. The number of hydrogen-bond acceptors (Lipinski definition) is 3. The zero-order valence-electron chi connectivity index (χ0n) is 11.6. The van der Waals surface area contributed by atoms with Gasteiger partial charge < -0.3 is 9.64 Å². The summed E-state index contributed by atoms with van der Waals surface area (Å²) >= 11 is 0. The third-order valence-corrected chi connectivity index (χ3v) is 3.16. The van der Waals surface area contributed by atoms with E-state index in [-0.39, 0.29) is 17.8 Å². The van der Waals surface area contributed by atoms with Crippen LogP contribution in [0.2, 0.25) is 0 Å². The molecule has 102 valence electrons. The first kappa shape index (κ1) is 13.6. The molecule has 0 fully saturated rings. The maximum Gasteiger partial charge on any atom is 0.219 e. The van der Waals surface area contributed by atoms with Crippen molar-refractivity contribution in [3.05, 3.63) is 29.3 Å². The van der Waals surface area contributed by atoms with Gasteiger partial charge in [0.1, 0.15) is 5.75 Å². The molecule has 0 bridgehead atoms. The molecule has 19 heavy (non-hydrogen) atoms. The lowest BCUT2D eigenvalue weighted by atomic mass is 10.0. The minimum absolute atomic E-state index is 0.00386. The van der Waals surface area contributed by atoms with Crippen LogP contribution in [-0.2, 0) is 11.3 Å². The third-order valence-electron chi connectivity index (χ3n) is 3.16. The second-order valence-electron chi connectivity index (χ2n) is 5.10. The number of carbonyl (C=O) groups excluding carboxylic acids is 2. The van der Waals surface area contributed by atoms with E-state index in [4.69, 9.17) is 4.74 Å². The minimum atomic E-state index is -0.00386. The Hall–Kier alpha value is -1.84. The van der Waals surface area contributed by atoms with E-state index < -0.39 is 0 Å². The summed E-state index contributed by atoms with van der Waals surface area (Å²) in [5.41, 5.74) is 1.58. The summed E-state index contributed by atoms with van der Waals surface area (Å²) in [7, 11) is 0. The lowest BCUT2D eigenvalue weighted by Crippen LogP contribution is -2.28. The fourth-order valence-electron chi connectivity index (χ4n) is 2.24. The summed E-state index contributed by atoms with van der Waals surface area (Å²) in [5.74, 6) is 0.831. The summed E-state index contributed by atoms with van der Waals surface area (Å²) in [4.78, 5) is 25.2. The molecule has 1 heterocycles. The smallest absolute Gasteiger partial charge is 0.219 e. The summed E-state index contributed by atoms with van der Waals surface area (Å²) in [6.45, 7) is 6.41. The van der Waals surface area contributed by atoms with E-state index >= 15 is 0 Å². The number of Topliss-reactive ketones (excluding diaryl/α,β-unsaturated/α-hetero) is 1. The normalized spacial score (nSPS) is 15.2. The van der Waals surface area contributed by atoms with Gasteiger partial charge in [0.2, 0.25) is 5.91 Å². The van der Waals surface area contributed by atoms with Crippen molar-refractivity contribution < 1.29 is 14.3 Å². The van der Waals surface area contributed by atoms with E-state index in [1.165, 1.54) is 6.92 Å². The summed E-state index contributed by atoms with van der Waals surface area (Å²) in [6, 6.07) is 5.49. The lowest BCUT2D eigenvalue weighted by molar-refractivity contribution is -0.129. The van der Waals surface area contributed by atoms with Gasteiger partial charge in [0, 0.05) is 32.0 Å². The van der Waals surface area contributed by atoms with Gasteiger partial charge in [-0.3, -0.25) is 9.59 Å². The van der Waals surface area contributed by atoms with Crippen molar-refractivity contribution in [3.8, 4) is 5.75 Å². The second kappa shape index (κ2) is 5.43. The molecule has 1 aliphatic rings. The number of hydrogen-bond donors (Lipinski definition) is 0. The predicted molar refractivity (Wildman–Crippen MR) is 72.2 cm³/mol. The monoisotopic (exact) mass is 261 g/mol. The highest BCUT2D eigenvalue weighted by atomic mass is 16.5. The van der Waals surface area contributed by atoms with Crippen LogP contribution in [0.15, 0.2) is 18.2 Å². The molecule has 2 rings (SSSR count). The van der Waals surface area contributed by atoms with Crippen LogP contribution in [0, 0.1) is 0 Å². The molecule has 0 N–H and O–H groups in total. The molecule has 0 aliphatic carbocycles. The van der Waals surface area contributed by atoms with E-state index in [1.54, 1.807) is 11.0 Å². The Bertz CT molecular complexity index is 508. The van der Waals surface area contributed by atoms with Gasteiger partial charge in [-0.05, 0) is 37.6 Å².